The van der Waals surface area contributed by atoms with Gasteiger partial charge in [-0.25, -0.2) is 4.79 Å². The van der Waals surface area contributed by atoms with E-state index in [1.54, 1.807) is 7.05 Å². The van der Waals surface area contributed by atoms with E-state index in [1.807, 2.05) is 54.6 Å². The molecule has 1 atom stereocenters. The molecule has 0 aromatic heterocycles. The maximum atomic E-state index is 10.9. The van der Waals surface area contributed by atoms with Gasteiger partial charge >= 0.3 is 6.09 Å². The molecule has 5 heteroatoms. The molecule has 0 radical (unpaired) electrons. The van der Waals surface area contributed by atoms with Crippen molar-refractivity contribution in [2.75, 3.05) is 13.6 Å². The van der Waals surface area contributed by atoms with Crippen molar-refractivity contribution in [1.82, 2.24) is 4.90 Å². The van der Waals surface area contributed by atoms with E-state index in [0.717, 1.165) is 15.6 Å². The predicted molar refractivity (Wildman–Crippen MR) is 93.4 cm³/mol. The molecule has 0 aliphatic rings. The number of carboxylic acid groups (broad SMARTS) is 1. The highest BCUT2D eigenvalue weighted by molar-refractivity contribution is 9.10. The van der Waals surface area contributed by atoms with Crippen LogP contribution in [0.3, 0.4) is 0 Å². The molecular formula is C18H20BrNO3. The summed E-state index contributed by atoms with van der Waals surface area (Å²) in [6.07, 6.45) is -0.457. The number of hydrogen-bond acceptors (Lipinski definition) is 2. The summed E-state index contributed by atoms with van der Waals surface area (Å²) < 4.78 is 7.07. The van der Waals surface area contributed by atoms with Crippen molar-refractivity contribution in [3.63, 3.8) is 0 Å². The van der Waals surface area contributed by atoms with Crippen LogP contribution in [-0.4, -0.2) is 29.7 Å². The van der Waals surface area contributed by atoms with Gasteiger partial charge in [0.2, 0.25) is 0 Å². The van der Waals surface area contributed by atoms with Gasteiger partial charge in [0.05, 0.1) is 12.7 Å². The molecule has 0 aliphatic heterocycles. The van der Waals surface area contributed by atoms with Gasteiger partial charge in [-0.1, -0.05) is 58.4 Å². The molecule has 2 aromatic carbocycles. The third-order valence-corrected chi connectivity index (χ3v) is 4.06. The summed E-state index contributed by atoms with van der Waals surface area (Å²) >= 11 is 3.45. The van der Waals surface area contributed by atoms with Crippen LogP contribution >= 0.6 is 15.9 Å². The molecule has 0 bridgehead atoms. The third kappa shape index (κ3) is 5.69. The van der Waals surface area contributed by atoms with Gasteiger partial charge < -0.3 is 14.7 Å². The molecule has 122 valence electrons. The zero-order valence-corrected chi connectivity index (χ0v) is 14.6. The zero-order valence-electron chi connectivity index (χ0n) is 13.0. The predicted octanol–water partition coefficient (Wildman–Crippen LogP) is 4.71. The van der Waals surface area contributed by atoms with Crippen molar-refractivity contribution in [1.29, 1.82) is 0 Å². The van der Waals surface area contributed by atoms with Crippen molar-refractivity contribution >= 4 is 22.0 Å². The Kier molecular flexibility index (Phi) is 6.62. The first-order valence-corrected chi connectivity index (χ1v) is 8.20. The average molecular weight is 378 g/mol. The standard InChI is InChI=1S/C18H20BrNO3/c1-20(18(21)22)11-10-17(15-7-3-2-4-8-15)23-13-14-6-5-9-16(19)12-14/h2-9,12,17H,10-11,13H2,1H3,(H,21,22). The van der Waals surface area contributed by atoms with E-state index in [2.05, 4.69) is 15.9 Å². The van der Waals surface area contributed by atoms with Crippen LogP contribution in [0.4, 0.5) is 4.79 Å². The highest BCUT2D eigenvalue weighted by Crippen LogP contribution is 2.23. The van der Waals surface area contributed by atoms with Gasteiger partial charge in [-0.3, -0.25) is 0 Å². The lowest BCUT2D eigenvalue weighted by molar-refractivity contribution is 0.0287. The number of amides is 1. The Morgan fingerprint density at radius 2 is 1.96 bits per heavy atom. The highest BCUT2D eigenvalue weighted by Gasteiger charge is 2.15. The van der Waals surface area contributed by atoms with Gasteiger partial charge in [-0.15, -0.1) is 0 Å². The Labute approximate surface area is 144 Å². The molecule has 0 saturated heterocycles. The molecule has 0 heterocycles. The van der Waals surface area contributed by atoms with Crippen LogP contribution in [0, 0.1) is 0 Å². The Hall–Kier alpha value is -1.85. The lowest BCUT2D eigenvalue weighted by atomic mass is 10.1. The minimum Gasteiger partial charge on any atom is -0.465 e. The summed E-state index contributed by atoms with van der Waals surface area (Å²) in [7, 11) is 1.57. The van der Waals surface area contributed by atoms with E-state index in [9.17, 15) is 4.79 Å². The van der Waals surface area contributed by atoms with Gasteiger partial charge in [0, 0.05) is 18.1 Å². The minimum atomic E-state index is -0.927. The molecule has 1 N–H and O–H groups in total. The fourth-order valence-corrected chi connectivity index (χ4v) is 2.69. The Morgan fingerprint density at radius 3 is 2.61 bits per heavy atom. The first kappa shape index (κ1) is 17.5. The minimum absolute atomic E-state index is 0.142. The van der Waals surface area contributed by atoms with Crippen LogP contribution in [0.1, 0.15) is 23.7 Å². The summed E-state index contributed by atoms with van der Waals surface area (Å²) in [5, 5.41) is 8.98. The smallest absolute Gasteiger partial charge is 0.407 e. The molecule has 0 fully saturated rings. The van der Waals surface area contributed by atoms with Crippen LogP contribution in [0.2, 0.25) is 0 Å². The molecule has 1 unspecified atom stereocenters. The first-order chi connectivity index (χ1) is 11.1. The zero-order chi connectivity index (χ0) is 16.7. The summed E-state index contributed by atoms with van der Waals surface area (Å²) in [6, 6.07) is 17.9. The third-order valence-electron chi connectivity index (χ3n) is 3.56. The SMILES string of the molecule is CN(CCC(OCc1cccc(Br)c1)c1ccccc1)C(=O)O. The molecule has 0 spiro atoms. The van der Waals surface area contributed by atoms with Crippen LogP contribution in [0.25, 0.3) is 0 Å². The van der Waals surface area contributed by atoms with Crippen LogP contribution in [-0.2, 0) is 11.3 Å². The van der Waals surface area contributed by atoms with E-state index in [4.69, 9.17) is 9.84 Å². The number of halogens is 1. The lowest BCUT2D eigenvalue weighted by Crippen LogP contribution is -2.27. The van der Waals surface area contributed by atoms with E-state index < -0.39 is 6.09 Å². The summed E-state index contributed by atoms with van der Waals surface area (Å²) in [5.74, 6) is 0. The fraction of sp³-hybridized carbons (Fsp3) is 0.278. The summed E-state index contributed by atoms with van der Waals surface area (Å²) in [4.78, 5) is 12.2. The summed E-state index contributed by atoms with van der Waals surface area (Å²) in [5.41, 5.74) is 2.13. The van der Waals surface area contributed by atoms with E-state index >= 15 is 0 Å². The number of ether oxygens (including phenoxy) is 1. The molecule has 0 saturated carbocycles. The maximum Gasteiger partial charge on any atom is 0.407 e. The molecule has 1 amide bonds. The number of rotatable bonds is 7. The summed E-state index contributed by atoms with van der Waals surface area (Å²) in [6.45, 7) is 0.906. The molecule has 4 nitrogen and oxygen atoms in total. The second-order valence-electron chi connectivity index (χ2n) is 5.33. The van der Waals surface area contributed by atoms with Crippen LogP contribution < -0.4 is 0 Å². The highest BCUT2D eigenvalue weighted by atomic mass is 79.9. The monoisotopic (exact) mass is 377 g/mol. The van der Waals surface area contributed by atoms with Crippen molar-refractivity contribution in [2.24, 2.45) is 0 Å². The van der Waals surface area contributed by atoms with Gasteiger partial charge in [0.15, 0.2) is 0 Å². The van der Waals surface area contributed by atoms with Gasteiger partial charge in [0.1, 0.15) is 0 Å². The van der Waals surface area contributed by atoms with Crippen LogP contribution in [0.5, 0.6) is 0 Å². The molecule has 23 heavy (non-hydrogen) atoms. The second-order valence-corrected chi connectivity index (χ2v) is 6.25. The van der Waals surface area contributed by atoms with Gasteiger partial charge in [-0.05, 0) is 29.7 Å². The largest absolute Gasteiger partial charge is 0.465 e. The van der Waals surface area contributed by atoms with Crippen LogP contribution in [0.15, 0.2) is 59.1 Å². The second kappa shape index (κ2) is 8.70. The number of carbonyl (C=O) groups is 1. The number of nitrogens with zero attached hydrogens (tertiary/aromatic N) is 1. The Bertz CT molecular complexity index is 633. The maximum absolute atomic E-state index is 10.9. The lowest BCUT2D eigenvalue weighted by Gasteiger charge is -2.21. The van der Waals surface area contributed by atoms with Crippen molar-refractivity contribution in [3.05, 3.63) is 70.2 Å². The molecule has 2 rings (SSSR count). The molecule has 2 aromatic rings. The number of benzene rings is 2. The average Bonchev–Trinajstić information content (AvgIpc) is 2.55. The van der Waals surface area contributed by atoms with E-state index in [0.29, 0.717) is 19.6 Å². The fourth-order valence-electron chi connectivity index (χ4n) is 2.24. The Morgan fingerprint density at radius 1 is 1.22 bits per heavy atom. The van der Waals surface area contributed by atoms with Crippen molar-refractivity contribution in [2.45, 2.75) is 19.1 Å². The quantitative estimate of drug-likeness (QED) is 0.759. The van der Waals surface area contributed by atoms with E-state index in [1.165, 1.54) is 4.90 Å². The molecular weight excluding hydrogens is 358 g/mol. The molecule has 0 aliphatic carbocycles. The number of hydrogen-bond donors (Lipinski definition) is 1. The first-order valence-electron chi connectivity index (χ1n) is 7.41. The van der Waals surface area contributed by atoms with E-state index in [-0.39, 0.29) is 6.10 Å². The van der Waals surface area contributed by atoms with Gasteiger partial charge in [0.25, 0.3) is 0 Å². The van der Waals surface area contributed by atoms with Crippen molar-refractivity contribution in [3.8, 4) is 0 Å². The normalized spacial score (nSPS) is 11.9. The Balaban J connectivity index is 2.03. The van der Waals surface area contributed by atoms with Crippen molar-refractivity contribution < 1.29 is 14.6 Å². The topological polar surface area (TPSA) is 49.8 Å². The van der Waals surface area contributed by atoms with Gasteiger partial charge in [-0.2, -0.15) is 0 Å².